The van der Waals surface area contributed by atoms with Crippen molar-refractivity contribution in [1.82, 2.24) is 25.0 Å². The second kappa shape index (κ2) is 6.09. The van der Waals surface area contributed by atoms with Crippen LogP contribution >= 0.6 is 11.6 Å². The van der Waals surface area contributed by atoms with E-state index in [4.69, 9.17) is 17.3 Å². The third-order valence-corrected chi connectivity index (χ3v) is 4.33. The maximum atomic E-state index is 11.2. The Bertz CT molecular complexity index is 927. The Hall–Kier alpha value is -2.67. The highest BCUT2D eigenvalue weighted by atomic mass is 35.5. The number of nitrogens with zero attached hydrogens (tertiary/aromatic N) is 4. The van der Waals surface area contributed by atoms with Crippen LogP contribution in [0.5, 0.6) is 0 Å². The lowest BCUT2D eigenvalue weighted by Crippen LogP contribution is -2.14. The van der Waals surface area contributed by atoms with Crippen molar-refractivity contribution < 1.29 is 4.79 Å². The molecule has 3 N–H and O–H groups in total. The molecule has 8 heteroatoms. The molecule has 3 rings (SSSR count). The maximum Gasteiger partial charge on any atom is 0.225 e. The van der Waals surface area contributed by atoms with Gasteiger partial charge in [-0.15, -0.1) is 0 Å². The number of H-pyrrole nitrogens is 1. The molecule has 0 aliphatic heterocycles. The van der Waals surface area contributed by atoms with E-state index in [1.807, 2.05) is 39.0 Å². The molecule has 0 saturated heterocycles. The summed E-state index contributed by atoms with van der Waals surface area (Å²) in [4.78, 5) is 15.7. The zero-order chi connectivity index (χ0) is 17.4. The number of halogens is 1. The average molecular weight is 345 g/mol. The zero-order valence-corrected chi connectivity index (χ0v) is 14.3. The van der Waals surface area contributed by atoms with E-state index in [9.17, 15) is 4.79 Å². The largest absolute Gasteiger partial charge is 0.369 e. The van der Waals surface area contributed by atoms with E-state index < -0.39 is 5.91 Å². The molecule has 7 nitrogen and oxygen atoms in total. The highest BCUT2D eigenvalue weighted by molar-refractivity contribution is 6.33. The molecular formula is C16H17ClN6O. The molecule has 0 aliphatic carbocycles. The number of carbonyl (C=O) groups is 1. The van der Waals surface area contributed by atoms with Crippen molar-refractivity contribution >= 4 is 17.5 Å². The lowest BCUT2D eigenvalue weighted by atomic mass is 10.1. The molecule has 0 unspecified atom stereocenters. The van der Waals surface area contributed by atoms with Gasteiger partial charge in [0.05, 0.1) is 22.8 Å². The first-order chi connectivity index (χ1) is 11.4. The van der Waals surface area contributed by atoms with Crippen LogP contribution in [0.4, 0.5) is 0 Å². The average Bonchev–Trinajstić information content (AvgIpc) is 3.06. The molecular weight excluding hydrogens is 328 g/mol. The van der Waals surface area contributed by atoms with Crippen LogP contribution in [0.15, 0.2) is 18.2 Å². The minimum atomic E-state index is -0.496. The number of benzene rings is 1. The van der Waals surface area contributed by atoms with Crippen LogP contribution in [0.3, 0.4) is 0 Å². The van der Waals surface area contributed by atoms with Crippen molar-refractivity contribution in [3.63, 3.8) is 0 Å². The molecule has 0 spiro atoms. The predicted molar refractivity (Wildman–Crippen MR) is 91.1 cm³/mol. The molecule has 2 heterocycles. The molecule has 1 aromatic carbocycles. The molecule has 24 heavy (non-hydrogen) atoms. The molecule has 0 fully saturated rings. The molecule has 0 aliphatic rings. The van der Waals surface area contributed by atoms with Crippen molar-refractivity contribution in [3.05, 3.63) is 45.9 Å². The second-order valence-electron chi connectivity index (χ2n) is 5.64. The smallest absolute Gasteiger partial charge is 0.225 e. The van der Waals surface area contributed by atoms with Crippen molar-refractivity contribution in [3.8, 4) is 17.2 Å². The summed E-state index contributed by atoms with van der Waals surface area (Å²) < 4.78 is 1.65. The highest BCUT2D eigenvalue weighted by Gasteiger charge is 2.21. The Kier molecular flexibility index (Phi) is 4.11. The number of nitrogens with two attached hydrogens (primary N) is 1. The van der Waals surface area contributed by atoms with E-state index in [1.54, 1.807) is 4.68 Å². The van der Waals surface area contributed by atoms with Crippen LogP contribution in [0.1, 0.15) is 22.6 Å². The van der Waals surface area contributed by atoms with Crippen LogP contribution in [0.25, 0.3) is 17.2 Å². The summed E-state index contributed by atoms with van der Waals surface area (Å²) in [7, 11) is 0. The number of rotatable bonds is 4. The van der Waals surface area contributed by atoms with Crippen LogP contribution in [0.2, 0.25) is 5.02 Å². The van der Waals surface area contributed by atoms with Crippen LogP contribution in [-0.4, -0.2) is 30.9 Å². The number of primary amides is 1. The minimum Gasteiger partial charge on any atom is -0.369 e. The number of nitrogens with one attached hydrogen (secondary N) is 1. The van der Waals surface area contributed by atoms with Gasteiger partial charge in [-0.05, 0) is 38.0 Å². The summed E-state index contributed by atoms with van der Waals surface area (Å²) in [5.74, 6) is 0.299. The van der Waals surface area contributed by atoms with Gasteiger partial charge in [-0.1, -0.05) is 23.7 Å². The van der Waals surface area contributed by atoms with E-state index in [0.717, 1.165) is 22.5 Å². The number of hydrogen-bond acceptors (Lipinski definition) is 4. The molecule has 0 bridgehead atoms. The van der Waals surface area contributed by atoms with Gasteiger partial charge >= 0.3 is 0 Å². The fraction of sp³-hybridized carbons (Fsp3) is 0.250. The Balaban J connectivity index is 2.24. The van der Waals surface area contributed by atoms with E-state index in [2.05, 4.69) is 20.3 Å². The third-order valence-electron chi connectivity index (χ3n) is 3.87. The summed E-state index contributed by atoms with van der Waals surface area (Å²) in [6.45, 7) is 5.84. The number of aryl methyl sites for hydroxylation is 2. The molecule has 0 radical (unpaired) electrons. The monoisotopic (exact) mass is 344 g/mol. The van der Waals surface area contributed by atoms with Gasteiger partial charge in [-0.3, -0.25) is 9.89 Å². The van der Waals surface area contributed by atoms with Gasteiger partial charge in [0.2, 0.25) is 5.91 Å². The summed E-state index contributed by atoms with van der Waals surface area (Å²) in [6, 6.07) is 5.89. The topological polar surface area (TPSA) is 102 Å². The van der Waals surface area contributed by atoms with Gasteiger partial charge in [0.1, 0.15) is 5.69 Å². The number of carbonyl (C=O) groups excluding carboxylic acids is 1. The number of amides is 1. The normalized spacial score (nSPS) is 11.0. The summed E-state index contributed by atoms with van der Waals surface area (Å²) in [5, 5.41) is 12.0. The molecule has 124 valence electrons. The van der Waals surface area contributed by atoms with Crippen molar-refractivity contribution in [2.24, 2.45) is 5.73 Å². The fourth-order valence-corrected chi connectivity index (χ4v) is 2.60. The number of hydrogen-bond donors (Lipinski definition) is 2. The molecule has 0 saturated carbocycles. The number of aromatic nitrogens is 5. The Morgan fingerprint density at radius 1 is 1.33 bits per heavy atom. The van der Waals surface area contributed by atoms with E-state index in [0.29, 0.717) is 22.4 Å². The first kappa shape index (κ1) is 16.2. The SMILES string of the molecule is Cc1cccc(-n2nc(CC(N)=O)nc2-c2n[nH]c(C)c2Cl)c1C. The van der Waals surface area contributed by atoms with Gasteiger partial charge in [0, 0.05) is 0 Å². The van der Waals surface area contributed by atoms with Crippen molar-refractivity contribution in [1.29, 1.82) is 0 Å². The third kappa shape index (κ3) is 2.78. The highest BCUT2D eigenvalue weighted by Crippen LogP contribution is 2.29. The maximum absolute atomic E-state index is 11.2. The Morgan fingerprint density at radius 3 is 2.71 bits per heavy atom. The standard InChI is InChI=1S/C16H17ClN6O/c1-8-5-4-6-11(9(8)2)23-16(15-14(17)10(3)20-21-15)19-13(22-23)7-12(18)24/h4-6H,7H2,1-3H3,(H2,18,24)(H,20,21). The first-order valence-corrected chi connectivity index (χ1v) is 7.78. The lowest BCUT2D eigenvalue weighted by Gasteiger charge is -2.10. The van der Waals surface area contributed by atoms with Crippen LogP contribution in [-0.2, 0) is 11.2 Å². The van der Waals surface area contributed by atoms with Crippen molar-refractivity contribution in [2.75, 3.05) is 0 Å². The van der Waals surface area contributed by atoms with E-state index >= 15 is 0 Å². The van der Waals surface area contributed by atoms with Crippen LogP contribution < -0.4 is 5.73 Å². The Labute approximate surface area is 143 Å². The molecule has 2 aromatic heterocycles. The summed E-state index contributed by atoms with van der Waals surface area (Å²) >= 11 is 6.32. The van der Waals surface area contributed by atoms with Gasteiger partial charge in [0.15, 0.2) is 11.6 Å². The van der Waals surface area contributed by atoms with Gasteiger partial charge in [-0.25, -0.2) is 9.67 Å². The van der Waals surface area contributed by atoms with Crippen molar-refractivity contribution in [2.45, 2.75) is 27.2 Å². The van der Waals surface area contributed by atoms with E-state index in [1.165, 1.54) is 0 Å². The summed E-state index contributed by atoms with van der Waals surface area (Å²) in [6.07, 6.45) is -0.0497. The zero-order valence-electron chi connectivity index (χ0n) is 13.6. The lowest BCUT2D eigenvalue weighted by molar-refractivity contribution is -0.117. The second-order valence-corrected chi connectivity index (χ2v) is 6.01. The van der Waals surface area contributed by atoms with Gasteiger partial charge in [-0.2, -0.15) is 10.2 Å². The summed E-state index contributed by atoms with van der Waals surface area (Å²) in [5.41, 5.74) is 9.52. The fourth-order valence-electron chi connectivity index (χ4n) is 2.44. The minimum absolute atomic E-state index is 0.0497. The van der Waals surface area contributed by atoms with E-state index in [-0.39, 0.29) is 6.42 Å². The quantitative estimate of drug-likeness (QED) is 0.757. The number of aromatic amines is 1. The van der Waals surface area contributed by atoms with Crippen LogP contribution in [0, 0.1) is 20.8 Å². The first-order valence-electron chi connectivity index (χ1n) is 7.40. The predicted octanol–water partition coefficient (Wildman–Crippen LogP) is 2.26. The Morgan fingerprint density at radius 2 is 2.08 bits per heavy atom. The molecule has 3 aromatic rings. The molecule has 0 atom stereocenters. The van der Waals surface area contributed by atoms with Gasteiger partial charge < -0.3 is 5.73 Å². The molecule has 1 amide bonds. The van der Waals surface area contributed by atoms with Gasteiger partial charge in [0.25, 0.3) is 0 Å².